The Kier molecular flexibility index (Phi) is 7.58. The van der Waals surface area contributed by atoms with E-state index in [4.69, 9.17) is 0 Å². The molecule has 0 saturated carbocycles. The maximum atomic E-state index is 10.5. The van der Waals surface area contributed by atoms with Gasteiger partial charge in [-0.25, -0.2) is 0 Å². The van der Waals surface area contributed by atoms with Crippen molar-refractivity contribution in [3.63, 3.8) is 0 Å². The van der Waals surface area contributed by atoms with Gasteiger partial charge in [-0.05, 0) is 102 Å². The molecule has 0 aliphatic carbocycles. The van der Waals surface area contributed by atoms with Crippen LogP contribution in [0.2, 0.25) is 0 Å². The topological polar surface area (TPSA) is 60.7 Å². The summed E-state index contributed by atoms with van der Waals surface area (Å²) < 4.78 is 0. The van der Waals surface area contributed by atoms with Crippen LogP contribution in [0.3, 0.4) is 0 Å². The van der Waals surface area contributed by atoms with Crippen LogP contribution < -0.4 is 0 Å². The normalized spacial score (nSPS) is 12.6. The Bertz CT molecular complexity index is 1500. The highest BCUT2D eigenvalue weighted by atomic mass is 16.3. The van der Waals surface area contributed by atoms with E-state index in [1.165, 1.54) is 16.7 Å². The molecule has 0 fully saturated rings. The van der Waals surface area contributed by atoms with Gasteiger partial charge in [-0.1, -0.05) is 96.1 Å². The van der Waals surface area contributed by atoms with Gasteiger partial charge in [0.1, 0.15) is 17.2 Å². The fourth-order valence-corrected chi connectivity index (χ4v) is 5.89. The largest absolute Gasteiger partial charge is 0.508 e. The highest BCUT2D eigenvalue weighted by Crippen LogP contribution is 2.44. The molecule has 3 nitrogen and oxygen atoms in total. The molecule has 4 rings (SSSR count). The van der Waals surface area contributed by atoms with Gasteiger partial charge in [-0.3, -0.25) is 0 Å². The lowest BCUT2D eigenvalue weighted by Gasteiger charge is -2.35. The summed E-state index contributed by atoms with van der Waals surface area (Å²) in [5.41, 5.74) is 10.4. The minimum absolute atomic E-state index is 0.303. The zero-order valence-corrected chi connectivity index (χ0v) is 26.6. The summed E-state index contributed by atoms with van der Waals surface area (Å²) in [6, 6.07) is 21.3. The third kappa shape index (κ3) is 5.35. The van der Waals surface area contributed by atoms with Crippen molar-refractivity contribution in [1.29, 1.82) is 0 Å². The van der Waals surface area contributed by atoms with Gasteiger partial charge in [0.2, 0.25) is 0 Å². The number of benzene rings is 4. The van der Waals surface area contributed by atoms with Crippen molar-refractivity contribution in [2.75, 3.05) is 0 Å². The summed E-state index contributed by atoms with van der Waals surface area (Å²) in [5, 5.41) is 31.2. The summed E-state index contributed by atoms with van der Waals surface area (Å²) in [6.45, 7) is 23.3. The summed E-state index contributed by atoms with van der Waals surface area (Å²) >= 11 is 0. The van der Waals surface area contributed by atoms with E-state index in [9.17, 15) is 15.3 Å². The number of rotatable bonds is 6. The number of aryl methyl sites for hydroxylation is 5. The fraction of sp³-hybridized carbons (Fsp3) is 0.368. The molecular formula is C38H46O3. The van der Waals surface area contributed by atoms with Gasteiger partial charge >= 0.3 is 0 Å². The van der Waals surface area contributed by atoms with Crippen LogP contribution in [-0.2, 0) is 16.2 Å². The first kappa shape index (κ1) is 30.2. The van der Waals surface area contributed by atoms with Crippen molar-refractivity contribution in [3.8, 4) is 17.2 Å². The van der Waals surface area contributed by atoms with E-state index >= 15 is 0 Å². The Labute approximate surface area is 246 Å². The minimum Gasteiger partial charge on any atom is -0.508 e. The van der Waals surface area contributed by atoms with Crippen molar-refractivity contribution in [2.45, 2.75) is 92.4 Å². The third-order valence-electron chi connectivity index (χ3n) is 9.44. The zero-order chi connectivity index (χ0) is 30.7. The average Bonchev–Trinajstić information content (AvgIpc) is 2.90. The smallest absolute Gasteiger partial charge is 0.121 e. The number of phenols is 3. The van der Waals surface area contributed by atoms with Crippen molar-refractivity contribution in [2.24, 2.45) is 0 Å². The molecule has 4 aromatic rings. The van der Waals surface area contributed by atoms with Crippen LogP contribution in [0.1, 0.15) is 103 Å². The van der Waals surface area contributed by atoms with Crippen LogP contribution in [0.5, 0.6) is 17.2 Å². The highest BCUT2D eigenvalue weighted by molar-refractivity contribution is 5.54. The molecule has 0 saturated heterocycles. The van der Waals surface area contributed by atoms with E-state index in [1.54, 1.807) is 6.07 Å². The lowest BCUT2D eigenvalue weighted by atomic mass is 9.68. The Hall–Kier alpha value is -3.72. The maximum Gasteiger partial charge on any atom is 0.121 e. The second-order valence-electron chi connectivity index (χ2n) is 13.6. The molecule has 0 unspecified atom stereocenters. The molecule has 3 N–H and O–H groups in total. The van der Waals surface area contributed by atoms with Crippen LogP contribution >= 0.6 is 0 Å². The standard InChI is InChI=1S/C38H46O3/c1-22-14-27(12-13-33(22)39)36(6,7)30-19-31(37(8,9)28-15-23(2)34(40)24(3)16-28)21-32(20-30)38(10,11)29-17-25(4)35(41)26(5)18-29/h12-21,39-41H,1-11H3. The highest BCUT2D eigenvalue weighted by Gasteiger charge is 2.33. The Balaban J connectivity index is 2.01. The molecule has 0 aromatic heterocycles. The van der Waals surface area contributed by atoms with Crippen molar-refractivity contribution < 1.29 is 15.3 Å². The van der Waals surface area contributed by atoms with E-state index in [2.05, 4.69) is 90.1 Å². The molecule has 0 heterocycles. The van der Waals surface area contributed by atoms with E-state index in [0.717, 1.165) is 44.5 Å². The van der Waals surface area contributed by atoms with Crippen LogP contribution in [0.15, 0.2) is 60.7 Å². The lowest BCUT2D eigenvalue weighted by molar-refractivity contribution is 0.465. The molecule has 4 aromatic carbocycles. The first-order chi connectivity index (χ1) is 18.9. The lowest BCUT2D eigenvalue weighted by Crippen LogP contribution is -2.27. The molecule has 0 aliphatic heterocycles. The van der Waals surface area contributed by atoms with Crippen LogP contribution in [0.4, 0.5) is 0 Å². The maximum absolute atomic E-state index is 10.5. The summed E-state index contributed by atoms with van der Waals surface area (Å²) in [6.07, 6.45) is 0. The molecule has 0 atom stereocenters. The molecule has 216 valence electrons. The predicted octanol–water partition coefficient (Wildman–Crippen LogP) is 9.32. The van der Waals surface area contributed by atoms with E-state index in [-0.39, 0.29) is 16.2 Å². The zero-order valence-electron chi connectivity index (χ0n) is 26.6. The van der Waals surface area contributed by atoms with Crippen molar-refractivity contribution in [1.82, 2.24) is 0 Å². The molecule has 3 heteroatoms. The molecule has 0 radical (unpaired) electrons. The number of phenolic OH excluding ortho intramolecular Hbond substituents is 3. The summed E-state index contributed by atoms with van der Waals surface area (Å²) in [5.74, 6) is 1.00. The molecule has 0 spiro atoms. The first-order valence-corrected chi connectivity index (χ1v) is 14.5. The second kappa shape index (κ2) is 10.3. The van der Waals surface area contributed by atoms with Crippen LogP contribution in [-0.4, -0.2) is 15.3 Å². The summed E-state index contributed by atoms with van der Waals surface area (Å²) in [7, 11) is 0. The second-order valence-corrected chi connectivity index (χ2v) is 13.6. The van der Waals surface area contributed by atoms with Crippen molar-refractivity contribution in [3.05, 3.63) is 122 Å². The SMILES string of the molecule is Cc1cc(C(C)(C)c2cc(C(C)(C)c3cc(C)c(O)c(C)c3)cc(C(C)(C)c3cc(C)c(O)c(C)c3)c2)ccc1O. The van der Waals surface area contributed by atoms with Crippen LogP contribution in [0, 0.1) is 34.6 Å². The molecule has 0 bridgehead atoms. The number of hydrogen-bond donors (Lipinski definition) is 3. The van der Waals surface area contributed by atoms with Crippen molar-refractivity contribution >= 4 is 0 Å². The van der Waals surface area contributed by atoms with E-state index < -0.39 is 0 Å². The van der Waals surface area contributed by atoms with E-state index in [1.807, 2.05) is 40.7 Å². The molecule has 41 heavy (non-hydrogen) atoms. The molecule has 0 aliphatic rings. The van der Waals surface area contributed by atoms with Gasteiger partial charge in [-0.15, -0.1) is 0 Å². The molecule has 0 amide bonds. The molecular weight excluding hydrogens is 504 g/mol. The van der Waals surface area contributed by atoms with Gasteiger partial charge < -0.3 is 15.3 Å². The Morgan fingerprint density at radius 3 is 0.951 bits per heavy atom. The number of hydrogen-bond acceptors (Lipinski definition) is 3. The monoisotopic (exact) mass is 550 g/mol. The Morgan fingerprint density at radius 2 is 0.634 bits per heavy atom. The minimum atomic E-state index is -0.341. The Morgan fingerprint density at radius 1 is 0.366 bits per heavy atom. The van der Waals surface area contributed by atoms with E-state index in [0.29, 0.717) is 17.2 Å². The van der Waals surface area contributed by atoms with Gasteiger partial charge in [0, 0.05) is 16.2 Å². The predicted molar refractivity (Wildman–Crippen MR) is 171 cm³/mol. The quantitative estimate of drug-likeness (QED) is 0.224. The number of aromatic hydroxyl groups is 3. The third-order valence-corrected chi connectivity index (χ3v) is 9.44. The first-order valence-electron chi connectivity index (χ1n) is 14.5. The summed E-state index contributed by atoms with van der Waals surface area (Å²) in [4.78, 5) is 0. The average molecular weight is 551 g/mol. The van der Waals surface area contributed by atoms with Crippen LogP contribution in [0.25, 0.3) is 0 Å². The van der Waals surface area contributed by atoms with Gasteiger partial charge in [0.15, 0.2) is 0 Å². The van der Waals surface area contributed by atoms with Gasteiger partial charge in [0.25, 0.3) is 0 Å². The fourth-order valence-electron chi connectivity index (χ4n) is 5.89. The van der Waals surface area contributed by atoms with Gasteiger partial charge in [0.05, 0.1) is 0 Å². The van der Waals surface area contributed by atoms with Gasteiger partial charge in [-0.2, -0.15) is 0 Å².